The zero-order valence-electron chi connectivity index (χ0n) is 12.7. The van der Waals surface area contributed by atoms with Gasteiger partial charge >= 0.3 is 0 Å². The van der Waals surface area contributed by atoms with E-state index in [0.29, 0.717) is 12.5 Å². The summed E-state index contributed by atoms with van der Waals surface area (Å²) in [6, 6.07) is 0.638. The maximum atomic E-state index is 11.6. The van der Waals surface area contributed by atoms with Gasteiger partial charge in [0.2, 0.25) is 5.91 Å². The molecule has 1 amide bonds. The Bertz CT molecular complexity index is 225. The molecule has 1 rings (SSSR count). The van der Waals surface area contributed by atoms with Crippen LogP contribution in [0.2, 0.25) is 0 Å². The van der Waals surface area contributed by atoms with Crippen LogP contribution in [0.3, 0.4) is 0 Å². The zero-order chi connectivity index (χ0) is 13.8. The van der Waals surface area contributed by atoms with E-state index in [1.807, 2.05) is 0 Å². The number of hydrogen-bond donors (Lipinski definition) is 2. The fourth-order valence-corrected chi connectivity index (χ4v) is 2.72. The highest BCUT2D eigenvalue weighted by Crippen LogP contribution is 2.09. The van der Waals surface area contributed by atoms with E-state index in [9.17, 15) is 4.79 Å². The lowest BCUT2D eigenvalue weighted by Gasteiger charge is -2.10. The Balaban J connectivity index is 1.82. The van der Waals surface area contributed by atoms with Gasteiger partial charge in [-0.05, 0) is 32.2 Å². The summed E-state index contributed by atoms with van der Waals surface area (Å²) in [5.41, 5.74) is 0. The molecule has 0 spiro atoms. The molecule has 0 aromatic heterocycles. The molecule has 2 N–H and O–H groups in total. The van der Waals surface area contributed by atoms with E-state index in [2.05, 4.69) is 17.6 Å². The minimum Gasteiger partial charge on any atom is -0.356 e. The number of amides is 1. The van der Waals surface area contributed by atoms with Crippen molar-refractivity contribution in [3.63, 3.8) is 0 Å². The molecule has 1 fully saturated rings. The first-order valence-corrected chi connectivity index (χ1v) is 8.33. The van der Waals surface area contributed by atoms with E-state index in [1.54, 1.807) is 0 Å². The summed E-state index contributed by atoms with van der Waals surface area (Å²) in [7, 11) is 0. The van der Waals surface area contributed by atoms with Crippen LogP contribution < -0.4 is 10.6 Å². The first kappa shape index (κ1) is 16.5. The van der Waals surface area contributed by atoms with Gasteiger partial charge in [-0.2, -0.15) is 0 Å². The van der Waals surface area contributed by atoms with E-state index in [1.165, 1.54) is 51.4 Å². The third-order valence-electron chi connectivity index (χ3n) is 3.98. The second-order valence-electron chi connectivity index (χ2n) is 5.80. The van der Waals surface area contributed by atoms with Gasteiger partial charge in [0.25, 0.3) is 0 Å². The van der Waals surface area contributed by atoms with Crippen molar-refractivity contribution in [1.82, 2.24) is 10.6 Å². The Labute approximate surface area is 118 Å². The van der Waals surface area contributed by atoms with E-state index < -0.39 is 0 Å². The van der Waals surface area contributed by atoms with Gasteiger partial charge in [-0.15, -0.1) is 0 Å². The second-order valence-corrected chi connectivity index (χ2v) is 5.80. The van der Waals surface area contributed by atoms with E-state index in [0.717, 1.165) is 25.9 Å². The summed E-state index contributed by atoms with van der Waals surface area (Å²) < 4.78 is 0. The Hall–Kier alpha value is -0.570. The first-order valence-electron chi connectivity index (χ1n) is 8.33. The van der Waals surface area contributed by atoms with Crippen LogP contribution in [0.25, 0.3) is 0 Å². The van der Waals surface area contributed by atoms with Crippen LogP contribution in [0.1, 0.15) is 77.6 Å². The predicted molar refractivity (Wildman–Crippen MR) is 81.3 cm³/mol. The van der Waals surface area contributed by atoms with Crippen molar-refractivity contribution in [3.05, 3.63) is 0 Å². The summed E-state index contributed by atoms with van der Waals surface area (Å²) >= 11 is 0. The summed E-state index contributed by atoms with van der Waals surface area (Å²) in [4.78, 5) is 11.6. The molecule has 1 aliphatic heterocycles. The standard InChI is InChI=1S/C16H32N2O/c1-2-3-4-5-6-7-8-11-16(19)18-14-12-15-10-9-13-17-15/h15,17H,2-14H2,1H3,(H,18,19)/t15-/m0/s1. The number of hydrogen-bond acceptors (Lipinski definition) is 2. The van der Waals surface area contributed by atoms with E-state index in [4.69, 9.17) is 0 Å². The molecule has 0 aromatic rings. The Morgan fingerprint density at radius 1 is 1.16 bits per heavy atom. The van der Waals surface area contributed by atoms with Crippen LogP contribution in [0.15, 0.2) is 0 Å². The van der Waals surface area contributed by atoms with Crippen molar-refractivity contribution < 1.29 is 4.79 Å². The highest BCUT2D eigenvalue weighted by Gasteiger charge is 2.13. The molecule has 1 heterocycles. The highest BCUT2D eigenvalue weighted by atomic mass is 16.1. The van der Waals surface area contributed by atoms with Crippen LogP contribution >= 0.6 is 0 Å². The second kappa shape index (κ2) is 11.3. The van der Waals surface area contributed by atoms with Gasteiger partial charge < -0.3 is 10.6 Å². The number of carbonyl (C=O) groups is 1. The number of rotatable bonds is 11. The fourth-order valence-electron chi connectivity index (χ4n) is 2.72. The van der Waals surface area contributed by atoms with Gasteiger partial charge in [-0.3, -0.25) is 4.79 Å². The van der Waals surface area contributed by atoms with Crippen molar-refractivity contribution in [2.24, 2.45) is 0 Å². The van der Waals surface area contributed by atoms with Crippen LogP contribution in [-0.2, 0) is 4.79 Å². The van der Waals surface area contributed by atoms with Crippen LogP contribution in [0.5, 0.6) is 0 Å². The molecule has 112 valence electrons. The molecule has 0 radical (unpaired) electrons. The molecule has 0 unspecified atom stereocenters. The smallest absolute Gasteiger partial charge is 0.219 e. The fraction of sp³-hybridized carbons (Fsp3) is 0.938. The van der Waals surface area contributed by atoms with Crippen molar-refractivity contribution >= 4 is 5.91 Å². The van der Waals surface area contributed by atoms with Gasteiger partial charge in [0.05, 0.1) is 0 Å². The van der Waals surface area contributed by atoms with Gasteiger partial charge in [-0.1, -0.05) is 45.4 Å². The summed E-state index contributed by atoms with van der Waals surface area (Å²) in [5, 5.41) is 6.50. The average molecular weight is 268 g/mol. The SMILES string of the molecule is CCCCCCCCCC(=O)NCC[C@@H]1CCCN1. The summed E-state index contributed by atoms with van der Waals surface area (Å²) in [5.74, 6) is 0.242. The minimum absolute atomic E-state index is 0.242. The highest BCUT2D eigenvalue weighted by molar-refractivity contribution is 5.75. The van der Waals surface area contributed by atoms with Gasteiger partial charge in [0, 0.05) is 19.0 Å². The molecule has 1 atom stereocenters. The van der Waals surface area contributed by atoms with Crippen LogP contribution in [-0.4, -0.2) is 25.0 Å². The lowest BCUT2D eigenvalue weighted by atomic mass is 10.1. The molecular weight excluding hydrogens is 236 g/mol. The van der Waals surface area contributed by atoms with Gasteiger partial charge in [0.1, 0.15) is 0 Å². The lowest BCUT2D eigenvalue weighted by Crippen LogP contribution is -2.30. The van der Waals surface area contributed by atoms with Crippen LogP contribution in [0, 0.1) is 0 Å². The molecule has 3 heteroatoms. The largest absolute Gasteiger partial charge is 0.356 e. The monoisotopic (exact) mass is 268 g/mol. The third kappa shape index (κ3) is 9.04. The van der Waals surface area contributed by atoms with E-state index in [-0.39, 0.29) is 5.91 Å². The third-order valence-corrected chi connectivity index (χ3v) is 3.98. The molecule has 3 nitrogen and oxygen atoms in total. The van der Waals surface area contributed by atoms with Crippen molar-refractivity contribution in [2.75, 3.05) is 13.1 Å². The average Bonchev–Trinajstić information content (AvgIpc) is 2.91. The maximum absolute atomic E-state index is 11.6. The molecular formula is C16H32N2O. The van der Waals surface area contributed by atoms with Crippen molar-refractivity contribution in [2.45, 2.75) is 83.6 Å². The van der Waals surface area contributed by atoms with Crippen LogP contribution in [0.4, 0.5) is 0 Å². The lowest BCUT2D eigenvalue weighted by molar-refractivity contribution is -0.121. The zero-order valence-corrected chi connectivity index (χ0v) is 12.7. The topological polar surface area (TPSA) is 41.1 Å². The molecule has 0 aromatic carbocycles. The number of nitrogens with one attached hydrogen (secondary N) is 2. The Morgan fingerprint density at radius 2 is 1.89 bits per heavy atom. The maximum Gasteiger partial charge on any atom is 0.219 e. The van der Waals surface area contributed by atoms with E-state index >= 15 is 0 Å². The van der Waals surface area contributed by atoms with Crippen molar-refractivity contribution in [3.8, 4) is 0 Å². The first-order chi connectivity index (χ1) is 9.33. The molecule has 1 saturated heterocycles. The Kier molecular flexibility index (Phi) is 9.78. The summed E-state index contributed by atoms with van der Waals surface area (Å²) in [6.45, 7) is 4.23. The molecule has 1 aliphatic rings. The molecule has 0 bridgehead atoms. The number of unbranched alkanes of at least 4 members (excludes halogenated alkanes) is 6. The normalized spacial score (nSPS) is 18.7. The van der Waals surface area contributed by atoms with Crippen molar-refractivity contribution in [1.29, 1.82) is 0 Å². The molecule has 0 aliphatic carbocycles. The minimum atomic E-state index is 0.242. The molecule has 19 heavy (non-hydrogen) atoms. The predicted octanol–water partition coefficient (Wildman–Crippen LogP) is 3.39. The Morgan fingerprint density at radius 3 is 2.58 bits per heavy atom. The van der Waals surface area contributed by atoms with Gasteiger partial charge in [-0.25, -0.2) is 0 Å². The van der Waals surface area contributed by atoms with Gasteiger partial charge in [0.15, 0.2) is 0 Å². The quantitative estimate of drug-likeness (QED) is 0.564. The molecule has 0 saturated carbocycles. The summed E-state index contributed by atoms with van der Waals surface area (Å²) in [6.07, 6.45) is 13.3. The number of carbonyl (C=O) groups excluding carboxylic acids is 1.